The lowest BCUT2D eigenvalue weighted by Gasteiger charge is -2.17. The van der Waals surface area contributed by atoms with Gasteiger partial charge in [-0.05, 0) is 13.0 Å². The first kappa shape index (κ1) is 13.9. The molecule has 0 unspecified atom stereocenters. The van der Waals surface area contributed by atoms with Crippen LogP contribution in [0.15, 0.2) is 30.5 Å². The van der Waals surface area contributed by atoms with E-state index in [1.165, 1.54) is 4.90 Å². The lowest BCUT2D eigenvalue weighted by molar-refractivity contribution is 0.0778. The number of nitrogen functional groups attached to an aromatic ring is 1. The van der Waals surface area contributed by atoms with Crippen LogP contribution >= 0.6 is 0 Å². The lowest BCUT2D eigenvalue weighted by atomic mass is 10.2. The highest BCUT2D eigenvalue weighted by Crippen LogP contribution is 2.19. The fourth-order valence-corrected chi connectivity index (χ4v) is 1.92. The molecule has 6 heteroatoms. The van der Waals surface area contributed by atoms with Crippen LogP contribution in [0.3, 0.4) is 0 Å². The fraction of sp³-hybridized carbons (Fsp3) is 0.286. The molecule has 0 aliphatic heterocycles. The van der Waals surface area contributed by atoms with Crippen molar-refractivity contribution in [2.45, 2.75) is 20.0 Å². The highest BCUT2D eigenvalue weighted by Gasteiger charge is 2.19. The molecule has 1 heterocycles. The number of aryl methyl sites for hydroxylation is 1. The number of hydrogen-bond donors (Lipinski definition) is 2. The van der Waals surface area contributed by atoms with Crippen LogP contribution in [0, 0.1) is 0 Å². The van der Waals surface area contributed by atoms with Gasteiger partial charge in [-0.3, -0.25) is 9.48 Å². The van der Waals surface area contributed by atoms with Crippen LogP contribution in [-0.2, 0) is 13.1 Å². The Balaban J connectivity index is 2.16. The molecule has 1 aromatic carbocycles. The molecule has 3 N–H and O–H groups in total. The fourth-order valence-electron chi connectivity index (χ4n) is 1.92. The van der Waals surface area contributed by atoms with Gasteiger partial charge in [0.15, 0.2) is 5.69 Å². The van der Waals surface area contributed by atoms with Gasteiger partial charge in [-0.15, -0.1) is 0 Å². The van der Waals surface area contributed by atoms with Gasteiger partial charge >= 0.3 is 0 Å². The number of anilines is 1. The molecule has 0 fully saturated rings. The van der Waals surface area contributed by atoms with E-state index in [0.717, 1.165) is 0 Å². The van der Waals surface area contributed by atoms with Crippen molar-refractivity contribution < 1.29 is 9.90 Å². The van der Waals surface area contributed by atoms with E-state index in [-0.39, 0.29) is 17.4 Å². The maximum atomic E-state index is 12.3. The number of phenolic OH excluding ortho intramolecular Hbond substituents is 1. The SMILES string of the molecule is CCn1cc(N)c(C(=O)N(C)Cc2ccccc2O)n1. The number of para-hydroxylation sites is 1. The summed E-state index contributed by atoms with van der Waals surface area (Å²) in [6.07, 6.45) is 1.64. The first-order valence-corrected chi connectivity index (χ1v) is 6.38. The van der Waals surface area contributed by atoms with Gasteiger partial charge in [0.2, 0.25) is 0 Å². The van der Waals surface area contributed by atoms with Gasteiger partial charge in [0.25, 0.3) is 5.91 Å². The molecule has 0 saturated heterocycles. The van der Waals surface area contributed by atoms with E-state index in [1.807, 2.05) is 13.0 Å². The quantitative estimate of drug-likeness (QED) is 0.884. The summed E-state index contributed by atoms with van der Waals surface area (Å²) in [6.45, 7) is 2.87. The summed E-state index contributed by atoms with van der Waals surface area (Å²) >= 11 is 0. The van der Waals surface area contributed by atoms with E-state index >= 15 is 0 Å². The van der Waals surface area contributed by atoms with Crippen LogP contribution in [-0.4, -0.2) is 32.7 Å². The van der Waals surface area contributed by atoms with Crippen molar-refractivity contribution >= 4 is 11.6 Å². The Morgan fingerprint density at radius 1 is 1.45 bits per heavy atom. The smallest absolute Gasteiger partial charge is 0.276 e. The van der Waals surface area contributed by atoms with Crippen molar-refractivity contribution in [1.82, 2.24) is 14.7 Å². The van der Waals surface area contributed by atoms with Crippen molar-refractivity contribution in [3.63, 3.8) is 0 Å². The Bertz CT molecular complexity index is 621. The third kappa shape index (κ3) is 2.74. The van der Waals surface area contributed by atoms with E-state index in [0.29, 0.717) is 24.3 Å². The predicted octanol–water partition coefficient (Wildman–Crippen LogP) is 1.46. The maximum absolute atomic E-state index is 12.3. The molecule has 1 aromatic heterocycles. The molecule has 0 saturated carbocycles. The number of rotatable bonds is 4. The zero-order chi connectivity index (χ0) is 14.7. The van der Waals surface area contributed by atoms with Crippen LogP contribution in [0.25, 0.3) is 0 Å². The molecular formula is C14H18N4O2. The predicted molar refractivity (Wildman–Crippen MR) is 76.2 cm³/mol. The van der Waals surface area contributed by atoms with Gasteiger partial charge in [-0.2, -0.15) is 5.10 Å². The number of nitrogens with zero attached hydrogens (tertiary/aromatic N) is 3. The number of nitrogens with two attached hydrogens (primary N) is 1. The number of amides is 1. The number of aromatic nitrogens is 2. The molecule has 0 atom stereocenters. The Morgan fingerprint density at radius 2 is 2.15 bits per heavy atom. The molecular weight excluding hydrogens is 256 g/mol. The molecule has 0 radical (unpaired) electrons. The average molecular weight is 274 g/mol. The van der Waals surface area contributed by atoms with Gasteiger partial charge in [0, 0.05) is 31.9 Å². The normalized spacial score (nSPS) is 10.5. The summed E-state index contributed by atoms with van der Waals surface area (Å²) in [6, 6.07) is 6.91. The molecule has 106 valence electrons. The highest BCUT2D eigenvalue weighted by molar-refractivity contribution is 5.96. The zero-order valence-electron chi connectivity index (χ0n) is 11.6. The van der Waals surface area contributed by atoms with E-state index < -0.39 is 0 Å². The largest absolute Gasteiger partial charge is 0.508 e. The van der Waals surface area contributed by atoms with Crippen LogP contribution < -0.4 is 5.73 Å². The monoisotopic (exact) mass is 274 g/mol. The molecule has 0 bridgehead atoms. The zero-order valence-corrected chi connectivity index (χ0v) is 11.6. The third-order valence-corrected chi connectivity index (χ3v) is 3.06. The first-order chi connectivity index (χ1) is 9.52. The summed E-state index contributed by atoms with van der Waals surface area (Å²) in [7, 11) is 1.65. The van der Waals surface area contributed by atoms with Gasteiger partial charge in [-0.25, -0.2) is 0 Å². The number of aromatic hydroxyl groups is 1. The van der Waals surface area contributed by atoms with Crippen LogP contribution in [0.2, 0.25) is 0 Å². The van der Waals surface area contributed by atoms with E-state index in [9.17, 15) is 9.90 Å². The van der Waals surface area contributed by atoms with Crippen molar-refractivity contribution in [3.8, 4) is 5.75 Å². The summed E-state index contributed by atoms with van der Waals surface area (Å²) < 4.78 is 1.62. The number of phenols is 1. The Kier molecular flexibility index (Phi) is 3.93. The minimum absolute atomic E-state index is 0.166. The molecule has 20 heavy (non-hydrogen) atoms. The number of carbonyl (C=O) groups excluding carboxylic acids is 1. The van der Waals surface area contributed by atoms with Gasteiger partial charge in [-0.1, -0.05) is 18.2 Å². The van der Waals surface area contributed by atoms with Crippen LogP contribution in [0.1, 0.15) is 23.0 Å². The van der Waals surface area contributed by atoms with E-state index in [2.05, 4.69) is 5.10 Å². The molecule has 0 aliphatic rings. The standard InChI is InChI=1S/C14H18N4O2/c1-3-18-9-11(15)13(16-18)14(20)17(2)8-10-6-4-5-7-12(10)19/h4-7,9,19H,3,8,15H2,1-2H3. The van der Waals surface area contributed by atoms with Gasteiger partial charge < -0.3 is 15.7 Å². The van der Waals surface area contributed by atoms with Crippen molar-refractivity contribution in [2.75, 3.05) is 12.8 Å². The maximum Gasteiger partial charge on any atom is 0.276 e. The molecule has 0 spiro atoms. The number of carbonyl (C=O) groups is 1. The second kappa shape index (κ2) is 5.64. The molecule has 1 amide bonds. The number of hydrogen-bond acceptors (Lipinski definition) is 4. The minimum atomic E-state index is -0.266. The summed E-state index contributed by atoms with van der Waals surface area (Å²) in [5.41, 5.74) is 7.08. The first-order valence-electron chi connectivity index (χ1n) is 6.38. The van der Waals surface area contributed by atoms with Crippen molar-refractivity contribution in [1.29, 1.82) is 0 Å². The third-order valence-electron chi connectivity index (χ3n) is 3.06. The second-order valence-corrected chi connectivity index (χ2v) is 4.58. The molecule has 2 rings (SSSR count). The Morgan fingerprint density at radius 3 is 2.75 bits per heavy atom. The Labute approximate surface area is 117 Å². The van der Waals surface area contributed by atoms with E-state index in [4.69, 9.17) is 5.73 Å². The van der Waals surface area contributed by atoms with Crippen LogP contribution in [0.5, 0.6) is 5.75 Å². The van der Waals surface area contributed by atoms with Crippen molar-refractivity contribution in [3.05, 3.63) is 41.7 Å². The van der Waals surface area contributed by atoms with Crippen LogP contribution in [0.4, 0.5) is 5.69 Å². The molecule has 6 nitrogen and oxygen atoms in total. The van der Waals surface area contributed by atoms with Gasteiger partial charge in [0.05, 0.1) is 5.69 Å². The topological polar surface area (TPSA) is 84.4 Å². The summed E-state index contributed by atoms with van der Waals surface area (Å²) in [5, 5.41) is 13.9. The average Bonchev–Trinajstić information content (AvgIpc) is 2.81. The molecule has 2 aromatic rings. The summed E-state index contributed by atoms with van der Waals surface area (Å²) in [4.78, 5) is 13.8. The lowest BCUT2D eigenvalue weighted by Crippen LogP contribution is -2.27. The Hall–Kier alpha value is -2.50. The summed E-state index contributed by atoms with van der Waals surface area (Å²) in [5.74, 6) is -0.0998. The van der Waals surface area contributed by atoms with Crippen molar-refractivity contribution in [2.24, 2.45) is 0 Å². The van der Waals surface area contributed by atoms with Gasteiger partial charge in [0.1, 0.15) is 5.75 Å². The number of benzene rings is 1. The highest BCUT2D eigenvalue weighted by atomic mass is 16.3. The van der Waals surface area contributed by atoms with E-state index in [1.54, 1.807) is 36.1 Å². The molecule has 0 aliphatic carbocycles. The second-order valence-electron chi connectivity index (χ2n) is 4.58. The minimum Gasteiger partial charge on any atom is -0.508 e.